The van der Waals surface area contributed by atoms with Crippen molar-refractivity contribution in [2.24, 2.45) is 0 Å². The maximum atomic E-state index is 6.21. The number of aryl methyl sites for hydroxylation is 1. The molecule has 2 saturated heterocycles. The van der Waals surface area contributed by atoms with E-state index in [1.165, 1.54) is 10.6 Å². The van der Waals surface area contributed by atoms with Crippen LogP contribution in [0.5, 0.6) is 0 Å². The molecular formula is C19H25N3O2S. The minimum Gasteiger partial charge on any atom is -0.372 e. The fraction of sp³-hybridized carbons (Fsp3) is 0.579. The fourth-order valence-electron chi connectivity index (χ4n) is 3.74. The van der Waals surface area contributed by atoms with Gasteiger partial charge in [0.15, 0.2) is 0 Å². The van der Waals surface area contributed by atoms with Crippen LogP contribution in [-0.2, 0) is 22.6 Å². The highest BCUT2D eigenvalue weighted by atomic mass is 32.1. The van der Waals surface area contributed by atoms with Crippen LogP contribution in [0.2, 0.25) is 0 Å². The van der Waals surface area contributed by atoms with E-state index in [2.05, 4.69) is 27.2 Å². The van der Waals surface area contributed by atoms with Gasteiger partial charge < -0.3 is 9.47 Å². The van der Waals surface area contributed by atoms with Crippen molar-refractivity contribution in [2.45, 2.75) is 51.0 Å². The Morgan fingerprint density at radius 3 is 2.84 bits per heavy atom. The minimum absolute atomic E-state index is 0.0260. The Morgan fingerprint density at radius 2 is 2.12 bits per heavy atom. The first-order valence-corrected chi connectivity index (χ1v) is 9.87. The van der Waals surface area contributed by atoms with Crippen LogP contribution in [0.3, 0.4) is 0 Å². The monoisotopic (exact) mass is 359 g/mol. The largest absolute Gasteiger partial charge is 0.372 e. The van der Waals surface area contributed by atoms with E-state index < -0.39 is 0 Å². The van der Waals surface area contributed by atoms with E-state index in [0.29, 0.717) is 6.61 Å². The summed E-state index contributed by atoms with van der Waals surface area (Å²) < 4.78 is 12.3. The molecule has 0 radical (unpaired) electrons. The second-order valence-corrected chi connectivity index (χ2v) is 8.09. The third-order valence-corrected chi connectivity index (χ3v) is 6.15. The van der Waals surface area contributed by atoms with Crippen molar-refractivity contribution in [3.8, 4) is 0 Å². The van der Waals surface area contributed by atoms with E-state index in [1.54, 1.807) is 11.3 Å². The van der Waals surface area contributed by atoms with Gasteiger partial charge in [0.25, 0.3) is 0 Å². The highest BCUT2D eigenvalue weighted by molar-refractivity contribution is 7.09. The normalized spacial score (nSPS) is 23.3. The van der Waals surface area contributed by atoms with Gasteiger partial charge in [-0.15, -0.1) is 11.3 Å². The number of pyridine rings is 1. The molecule has 0 amide bonds. The lowest BCUT2D eigenvalue weighted by atomic mass is 9.88. The summed E-state index contributed by atoms with van der Waals surface area (Å²) >= 11 is 1.76. The van der Waals surface area contributed by atoms with Crippen molar-refractivity contribution >= 4 is 11.3 Å². The van der Waals surface area contributed by atoms with Crippen LogP contribution in [0.4, 0.5) is 0 Å². The summed E-state index contributed by atoms with van der Waals surface area (Å²) in [6, 6.07) is 4.01. The number of aromatic nitrogens is 2. The van der Waals surface area contributed by atoms with Gasteiger partial charge in [-0.3, -0.25) is 9.88 Å². The summed E-state index contributed by atoms with van der Waals surface area (Å²) in [6.07, 6.45) is 7.03. The minimum atomic E-state index is 0.0260. The quantitative estimate of drug-likeness (QED) is 0.820. The predicted octanol–water partition coefficient (Wildman–Crippen LogP) is 3.19. The van der Waals surface area contributed by atoms with Gasteiger partial charge in [0, 0.05) is 43.0 Å². The lowest BCUT2D eigenvalue weighted by Gasteiger charge is -2.38. The third-order valence-electron chi connectivity index (χ3n) is 5.20. The Labute approximate surface area is 153 Å². The van der Waals surface area contributed by atoms with Gasteiger partial charge in [-0.25, -0.2) is 4.98 Å². The van der Waals surface area contributed by atoms with Crippen molar-refractivity contribution < 1.29 is 9.47 Å². The fourth-order valence-corrected chi connectivity index (χ4v) is 4.55. The average Bonchev–Trinajstić information content (AvgIpc) is 3.23. The molecule has 2 fully saturated rings. The Kier molecular flexibility index (Phi) is 5.12. The van der Waals surface area contributed by atoms with Crippen molar-refractivity contribution in [2.75, 3.05) is 19.7 Å². The molecule has 6 heteroatoms. The first-order chi connectivity index (χ1) is 12.2. The molecule has 2 aliphatic heterocycles. The molecular weight excluding hydrogens is 334 g/mol. The second-order valence-electron chi connectivity index (χ2n) is 7.15. The molecule has 1 atom stereocenters. The Morgan fingerprint density at radius 1 is 1.32 bits per heavy atom. The molecule has 0 bridgehead atoms. The zero-order valence-corrected chi connectivity index (χ0v) is 15.5. The molecule has 2 aromatic rings. The van der Waals surface area contributed by atoms with Crippen molar-refractivity contribution in [1.29, 1.82) is 0 Å². The number of thiazole rings is 1. The standard InChI is InChI=1S/C19H25N3O2S/c1-15-14-25-18(21-15)11-22-8-4-19(5-9-22)10-17(13-24-19)23-12-16-2-6-20-7-3-16/h2-3,6-7,14,17H,4-5,8-13H2,1H3/t17-/m0/s1. The zero-order chi connectivity index (χ0) is 17.1. The summed E-state index contributed by atoms with van der Waals surface area (Å²) in [5.41, 5.74) is 2.32. The zero-order valence-electron chi connectivity index (χ0n) is 14.7. The van der Waals surface area contributed by atoms with Gasteiger partial charge in [-0.05, 0) is 37.5 Å². The van der Waals surface area contributed by atoms with Crippen LogP contribution in [0.1, 0.15) is 35.5 Å². The van der Waals surface area contributed by atoms with Gasteiger partial charge in [0.05, 0.1) is 31.5 Å². The summed E-state index contributed by atoms with van der Waals surface area (Å²) in [5.74, 6) is 0. The average molecular weight is 359 g/mol. The number of hydrogen-bond donors (Lipinski definition) is 0. The Hall–Kier alpha value is -1.34. The lowest BCUT2D eigenvalue weighted by molar-refractivity contribution is -0.0468. The number of ether oxygens (including phenoxy) is 2. The van der Waals surface area contributed by atoms with E-state index in [9.17, 15) is 0 Å². The lowest BCUT2D eigenvalue weighted by Crippen LogP contribution is -2.43. The van der Waals surface area contributed by atoms with Crippen LogP contribution in [0.25, 0.3) is 0 Å². The molecule has 0 aliphatic carbocycles. The maximum absolute atomic E-state index is 6.21. The SMILES string of the molecule is Cc1csc(CN2CCC3(CC2)C[C@H](OCc2ccncc2)CO3)n1. The summed E-state index contributed by atoms with van der Waals surface area (Å²) in [4.78, 5) is 11.1. The maximum Gasteiger partial charge on any atom is 0.107 e. The number of likely N-dealkylation sites (tertiary alicyclic amines) is 1. The molecule has 0 saturated carbocycles. The van der Waals surface area contributed by atoms with Gasteiger partial charge in [-0.2, -0.15) is 0 Å². The van der Waals surface area contributed by atoms with Gasteiger partial charge in [-0.1, -0.05) is 0 Å². The van der Waals surface area contributed by atoms with Crippen molar-refractivity contribution in [3.63, 3.8) is 0 Å². The molecule has 4 rings (SSSR count). The van der Waals surface area contributed by atoms with Crippen LogP contribution in [0.15, 0.2) is 29.9 Å². The van der Waals surface area contributed by atoms with Crippen LogP contribution < -0.4 is 0 Å². The van der Waals surface area contributed by atoms with Crippen molar-refractivity contribution in [3.05, 3.63) is 46.2 Å². The molecule has 0 unspecified atom stereocenters. The molecule has 1 spiro atoms. The Bertz CT molecular complexity index is 683. The second kappa shape index (κ2) is 7.50. The van der Waals surface area contributed by atoms with E-state index in [-0.39, 0.29) is 11.7 Å². The number of piperidine rings is 1. The van der Waals surface area contributed by atoms with E-state index in [1.807, 2.05) is 24.5 Å². The van der Waals surface area contributed by atoms with E-state index in [0.717, 1.165) is 51.2 Å². The third kappa shape index (κ3) is 4.26. The molecule has 5 nitrogen and oxygen atoms in total. The topological polar surface area (TPSA) is 47.5 Å². The number of nitrogens with zero attached hydrogens (tertiary/aromatic N) is 3. The number of rotatable bonds is 5. The summed E-state index contributed by atoms with van der Waals surface area (Å²) in [5, 5.41) is 3.35. The van der Waals surface area contributed by atoms with E-state index in [4.69, 9.17) is 9.47 Å². The van der Waals surface area contributed by atoms with Crippen LogP contribution >= 0.6 is 11.3 Å². The molecule has 4 heterocycles. The Balaban J connectivity index is 1.24. The van der Waals surface area contributed by atoms with E-state index >= 15 is 0 Å². The van der Waals surface area contributed by atoms with Gasteiger partial charge >= 0.3 is 0 Å². The highest BCUT2D eigenvalue weighted by Crippen LogP contribution is 2.37. The molecule has 2 aromatic heterocycles. The summed E-state index contributed by atoms with van der Waals surface area (Å²) in [6.45, 7) is 6.55. The molecule has 2 aliphatic rings. The first-order valence-electron chi connectivity index (χ1n) is 8.99. The molecule has 134 valence electrons. The smallest absolute Gasteiger partial charge is 0.107 e. The van der Waals surface area contributed by atoms with Gasteiger partial charge in [0.1, 0.15) is 5.01 Å². The van der Waals surface area contributed by atoms with Crippen LogP contribution in [0, 0.1) is 6.92 Å². The summed E-state index contributed by atoms with van der Waals surface area (Å²) in [7, 11) is 0. The first kappa shape index (κ1) is 17.1. The highest BCUT2D eigenvalue weighted by Gasteiger charge is 2.43. The van der Waals surface area contributed by atoms with Crippen LogP contribution in [-0.4, -0.2) is 46.3 Å². The predicted molar refractivity (Wildman–Crippen MR) is 97.5 cm³/mol. The van der Waals surface area contributed by atoms with Crippen molar-refractivity contribution in [1.82, 2.24) is 14.9 Å². The molecule has 0 N–H and O–H groups in total. The molecule has 0 aromatic carbocycles. The number of hydrogen-bond acceptors (Lipinski definition) is 6. The van der Waals surface area contributed by atoms with Gasteiger partial charge in [0.2, 0.25) is 0 Å². The molecule has 25 heavy (non-hydrogen) atoms.